The van der Waals surface area contributed by atoms with Crippen LogP contribution in [-0.2, 0) is 30.4 Å². The molecule has 0 aliphatic carbocycles. The van der Waals surface area contributed by atoms with Gasteiger partial charge < -0.3 is 42.1 Å². The van der Waals surface area contributed by atoms with Gasteiger partial charge >= 0.3 is 11.9 Å². The van der Waals surface area contributed by atoms with Crippen LogP contribution in [-0.4, -0.2) is 80.9 Å². The van der Waals surface area contributed by atoms with Crippen LogP contribution in [0.25, 0.3) is 0 Å². The molecule has 0 radical (unpaired) electrons. The Morgan fingerprint density at radius 2 is 1.50 bits per heavy atom. The van der Waals surface area contributed by atoms with E-state index in [-0.39, 0.29) is 12.2 Å². The Labute approximate surface area is 182 Å². The molecule has 1 aromatic rings. The summed E-state index contributed by atoms with van der Waals surface area (Å²) >= 11 is 0. The number of phenolic OH excluding ortho intramolecular Hbond substituents is 1. The van der Waals surface area contributed by atoms with Crippen LogP contribution in [0, 0.1) is 0 Å². The molecule has 3 amide bonds. The number of aliphatic carboxylic acids is 2. The van der Waals surface area contributed by atoms with Gasteiger partial charge in [-0.1, -0.05) is 12.1 Å². The Balaban J connectivity index is 3.06. The smallest absolute Gasteiger partial charge is 0.328 e. The molecule has 1 rings (SSSR count). The lowest BCUT2D eigenvalue weighted by molar-refractivity contribution is -0.146. The molecule has 4 atom stereocenters. The quantitative estimate of drug-likeness (QED) is 0.163. The highest BCUT2D eigenvalue weighted by Crippen LogP contribution is 2.12. The SMILES string of the molecule is CC(O)C(NC(=O)C(CC(=O)O)NC(=O)C(Cc1ccc(O)cc1)NC(=O)CN)C(=O)O. The van der Waals surface area contributed by atoms with Crippen molar-refractivity contribution in [3.63, 3.8) is 0 Å². The van der Waals surface area contributed by atoms with E-state index in [1.54, 1.807) is 0 Å². The minimum atomic E-state index is -1.74. The van der Waals surface area contributed by atoms with E-state index in [1.807, 2.05) is 5.32 Å². The Kier molecular flexibility index (Phi) is 10.1. The highest BCUT2D eigenvalue weighted by atomic mass is 16.4. The lowest BCUT2D eigenvalue weighted by atomic mass is 10.0. The number of carboxylic acid groups (broad SMARTS) is 2. The van der Waals surface area contributed by atoms with Gasteiger partial charge in [-0.2, -0.15) is 0 Å². The zero-order valence-corrected chi connectivity index (χ0v) is 17.1. The molecule has 13 nitrogen and oxygen atoms in total. The van der Waals surface area contributed by atoms with Gasteiger partial charge in [0, 0.05) is 6.42 Å². The summed E-state index contributed by atoms with van der Waals surface area (Å²) in [5.74, 6) is -5.81. The number of nitrogens with two attached hydrogens (primary N) is 1. The molecule has 0 saturated carbocycles. The standard InChI is InChI=1S/C19H26N4O9/c1-9(24)16(19(31)32)23-18(30)13(7-15(27)28)22-17(29)12(21-14(26)8-20)6-10-2-4-11(25)5-3-10/h2-5,9,12-13,16,24-25H,6-8,20H2,1H3,(H,21,26)(H,22,29)(H,23,30)(H,27,28)(H,31,32). The third-order valence-electron chi connectivity index (χ3n) is 4.27. The summed E-state index contributed by atoms with van der Waals surface area (Å²) in [7, 11) is 0. The molecule has 13 heteroatoms. The largest absolute Gasteiger partial charge is 0.508 e. The molecule has 0 spiro atoms. The molecule has 0 fully saturated rings. The van der Waals surface area contributed by atoms with E-state index in [1.165, 1.54) is 24.3 Å². The zero-order chi connectivity index (χ0) is 24.4. The van der Waals surface area contributed by atoms with E-state index in [9.17, 15) is 34.2 Å². The summed E-state index contributed by atoms with van der Waals surface area (Å²) < 4.78 is 0. The maximum atomic E-state index is 12.8. The number of aliphatic hydroxyl groups excluding tert-OH is 1. The molecule has 0 bridgehead atoms. The minimum absolute atomic E-state index is 0.0231. The molecular formula is C19H26N4O9. The summed E-state index contributed by atoms with van der Waals surface area (Å²) in [6.07, 6.45) is -2.46. The number of carbonyl (C=O) groups excluding carboxylic acids is 3. The Hall–Kier alpha value is -3.71. The molecule has 0 aromatic heterocycles. The van der Waals surface area contributed by atoms with Crippen LogP contribution < -0.4 is 21.7 Å². The van der Waals surface area contributed by atoms with E-state index in [4.69, 9.17) is 15.9 Å². The number of amides is 3. The van der Waals surface area contributed by atoms with Gasteiger partial charge in [0.05, 0.1) is 19.1 Å². The molecule has 1 aromatic carbocycles. The van der Waals surface area contributed by atoms with Crippen molar-refractivity contribution in [3.8, 4) is 5.75 Å². The summed E-state index contributed by atoms with van der Waals surface area (Å²) in [5, 5.41) is 43.5. The highest BCUT2D eigenvalue weighted by Gasteiger charge is 2.32. The maximum absolute atomic E-state index is 12.8. The summed E-state index contributed by atoms with van der Waals surface area (Å²) in [4.78, 5) is 59.3. The van der Waals surface area contributed by atoms with Crippen LogP contribution in [0.15, 0.2) is 24.3 Å². The normalized spacial score (nSPS) is 14.3. The minimum Gasteiger partial charge on any atom is -0.508 e. The number of aliphatic hydroxyl groups is 1. The number of benzene rings is 1. The van der Waals surface area contributed by atoms with E-state index in [2.05, 4.69) is 10.6 Å². The molecule has 4 unspecified atom stereocenters. The maximum Gasteiger partial charge on any atom is 0.328 e. The van der Waals surface area contributed by atoms with Crippen LogP contribution in [0.5, 0.6) is 5.75 Å². The lowest BCUT2D eigenvalue weighted by Gasteiger charge is -2.24. The molecule has 0 heterocycles. The summed E-state index contributed by atoms with van der Waals surface area (Å²) in [5.41, 5.74) is 5.79. The van der Waals surface area contributed by atoms with E-state index in [0.717, 1.165) is 6.92 Å². The molecule has 0 aliphatic heterocycles. The first-order chi connectivity index (χ1) is 14.9. The first-order valence-electron chi connectivity index (χ1n) is 9.45. The van der Waals surface area contributed by atoms with Crippen LogP contribution in [0.4, 0.5) is 0 Å². The van der Waals surface area contributed by atoms with Gasteiger partial charge in [-0.05, 0) is 24.6 Å². The fourth-order valence-electron chi connectivity index (χ4n) is 2.63. The second-order valence-electron chi connectivity index (χ2n) is 6.92. The number of carboxylic acids is 2. The highest BCUT2D eigenvalue weighted by molar-refractivity contribution is 5.95. The Bertz CT molecular complexity index is 842. The average Bonchev–Trinajstić information content (AvgIpc) is 2.71. The number of aromatic hydroxyl groups is 1. The van der Waals surface area contributed by atoms with Gasteiger partial charge in [0.25, 0.3) is 0 Å². The van der Waals surface area contributed by atoms with E-state index in [0.29, 0.717) is 5.56 Å². The molecule has 9 N–H and O–H groups in total. The number of nitrogens with one attached hydrogen (secondary N) is 3. The second kappa shape index (κ2) is 12.2. The van der Waals surface area contributed by atoms with Crippen molar-refractivity contribution in [2.75, 3.05) is 6.54 Å². The van der Waals surface area contributed by atoms with Crippen LogP contribution in [0.2, 0.25) is 0 Å². The third kappa shape index (κ3) is 8.57. The predicted molar refractivity (Wildman–Crippen MR) is 108 cm³/mol. The molecule has 176 valence electrons. The first kappa shape index (κ1) is 26.3. The predicted octanol–water partition coefficient (Wildman–Crippen LogP) is -2.71. The third-order valence-corrected chi connectivity index (χ3v) is 4.27. The number of rotatable bonds is 12. The van der Waals surface area contributed by atoms with Crippen LogP contribution in [0.1, 0.15) is 18.9 Å². The van der Waals surface area contributed by atoms with Crippen molar-refractivity contribution < 1.29 is 44.4 Å². The first-order valence-corrected chi connectivity index (χ1v) is 9.45. The Morgan fingerprint density at radius 1 is 0.938 bits per heavy atom. The van der Waals surface area contributed by atoms with Gasteiger partial charge in [-0.25, -0.2) is 4.79 Å². The second-order valence-corrected chi connectivity index (χ2v) is 6.92. The van der Waals surface area contributed by atoms with Crippen molar-refractivity contribution in [1.29, 1.82) is 0 Å². The van der Waals surface area contributed by atoms with Crippen LogP contribution in [0.3, 0.4) is 0 Å². The van der Waals surface area contributed by atoms with Crippen molar-refractivity contribution in [2.45, 2.75) is 44.0 Å². The number of phenols is 1. The molecule has 0 saturated heterocycles. The Morgan fingerprint density at radius 3 is 1.97 bits per heavy atom. The monoisotopic (exact) mass is 454 g/mol. The average molecular weight is 454 g/mol. The number of hydrogen-bond acceptors (Lipinski definition) is 8. The fourth-order valence-corrected chi connectivity index (χ4v) is 2.63. The van der Waals surface area contributed by atoms with Crippen molar-refractivity contribution in [2.24, 2.45) is 5.73 Å². The van der Waals surface area contributed by atoms with Gasteiger partial charge in [0.2, 0.25) is 17.7 Å². The molecular weight excluding hydrogens is 428 g/mol. The number of carbonyl (C=O) groups is 5. The fraction of sp³-hybridized carbons (Fsp3) is 0.421. The molecule has 32 heavy (non-hydrogen) atoms. The van der Waals surface area contributed by atoms with Gasteiger partial charge in [-0.3, -0.25) is 19.2 Å². The summed E-state index contributed by atoms with van der Waals surface area (Å²) in [6.45, 7) is 0.674. The zero-order valence-electron chi connectivity index (χ0n) is 17.1. The topological polar surface area (TPSA) is 228 Å². The van der Waals surface area contributed by atoms with Gasteiger partial charge in [-0.15, -0.1) is 0 Å². The number of hydrogen-bond donors (Lipinski definition) is 8. The van der Waals surface area contributed by atoms with Crippen LogP contribution >= 0.6 is 0 Å². The van der Waals surface area contributed by atoms with Gasteiger partial charge in [0.15, 0.2) is 6.04 Å². The van der Waals surface area contributed by atoms with E-state index >= 15 is 0 Å². The van der Waals surface area contributed by atoms with Crippen molar-refractivity contribution in [1.82, 2.24) is 16.0 Å². The molecule has 0 aliphatic rings. The van der Waals surface area contributed by atoms with Gasteiger partial charge in [0.1, 0.15) is 17.8 Å². The lowest BCUT2D eigenvalue weighted by Crippen LogP contribution is -2.58. The van der Waals surface area contributed by atoms with E-state index < -0.39 is 66.9 Å². The van der Waals surface area contributed by atoms with Crippen molar-refractivity contribution in [3.05, 3.63) is 29.8 Å². The van der Waals surface area contributed by atoms with Crippen molar-refractivity contribution >= 4 is 29.7 Å². The summed E-state index contributed by atoms with van der Waals surface area (Å²) in [6, 6.07) is 1.01.